The smallest absolute Gasteiger partial charge is 0.343 e. The highest BCUT2D eigenvalue weighted by atomic mass is 16.5. The average Bonchev–Trinajstić information content (AvgIpc) is 3.10. The Bertz CT molecular complexity index is 770. The molecule has 0 spiro atoms. The lowest BCUT2D eigenvalue weighted by Crippen LogP contribution is -2.08. The zero-order valence-corrected chi connectivity index (χ0v) is 11.7. The predicted molar refractivity (Wildman–Crippen MR) is 77.1 cm³/mol. The van der Waals surface area contributed by atoms with Gasteiger partial charge in [-0.3, -0.25) is 0 Å². The van der Waals surface area contributed by atoms with Gasteiger partial charge in [0.15, 0.2) is 0 Å². The van der Waals surface area contributed by atoms with E-state index in [-0.39, 0.29) is 0 Å². The maximum Gasteiger partial charge on any atom is 0.343 e. The topological polar surface area (TPSA) is 79.1 Å². The minimum Gasteiger partial charge on any atom is -0.497 e. The Labute approximate surface area is 126 Å². The second kappa shape index (κ2) is 6.04. The molecule has 0 unspecified atom stereocenters. The Kier molecular flexibility index (Phi) is 3.78. The summed E-state index contributed by atoms with van der Waals surface area (Å²) in [7, 11) is 1.57. The van der Waals surface area contributed by atoms with Crippen molar-refractivity contribution in [3.05, 3.63) is 60.4 Å². The number of carbonyl (C=O) groups is 1. The molecule has 110 valence electrons. The van der Waals surface area contributed by atoms with Crippen LogP contribution < -0.4 is 9.47 Å². The summed E-state index contributed by atoms with van der Waals surface area (Å²) in [6.07, 6.45) is 1.46. The fraction of sp³-hybridized carbons (Fsp3) is 0.0667. The molecule has 0 aliphatic rings. The summed E-state index contributed by atoms with van der Waals surface area (Å²) in [5, 5.41) is 10.9. The Hall–Kier alpha value is -3.22. The van der Waals surface area contributed by atoms with Crippen LogP contribution in [0.2, 0.25) is 0 Å². The number of methoxy groups -OCH3 is 1. The molecule has 3 aromatic rings. The van der Waals surface area contributed by atoms with E-state index in [4.69, 9.17) is 9.47 Å². The summed E-state index contributed by atoms with van der Waals surface area (Å²) in [6.45, 7) is 0. The van der Waals surface area contributed by atoms with Gasteiger partial charge in [-0.25, -0.2) is 9.48 Å². The molecule has 7 nitrogen and oxygen atoms in total. The molecule has 0 radical (unpaired) electrons. The third-order valence-corrected chi connectivity index (χ3v) is 2.97. The van der Waals surface area contributed by atoms with Crippen molar-refractivity contribution >= 4 is 5.97 Å². The third-order valence-electron chi connectivity index (χ3n) is 2.97. The lowest BCUT2D eigenvalue weighted by molar-refractivity contribution is 0.0735. The van der Waals surface area contributed by atoms with Crippen molar-refractivity contribution in [2.45, 2.75) is 0 Å². The minimum absolute atomic E-state index is 0.411. The number of hydrogen-bond acceptors (Lipinski definition) is 6. The zero-order chi connectivity index (χ0) is 15.4. The van der Waals surface area contributed by atoms with E-state index in [1.807, 2.05) is 0 Å². The quantitative estimate of drug-likeness (QED) is 0.540. The monoisotopic (exact) mass is 296 g/mol. The minimum atomic E-state index is -0.448. The first-order valence-corrected chi connectivity index (χ1v) is 6.46. The van der Waals surface area contributed by atoms with E-state index in [0.29, 0.717) is 22.7 Å². The number of nitrogens with zero attached hydrogens (tertiary/aromatic N) is 4. The normalized spacial score (nSPS) is 10.2. The van der Waals surface area contributed by atoms with Gasteiger partial charge in [0.1, 0.15) is 17.8 Å². The summed E-state index contributed by atoms with van der Waals surface area (Å²) >= 11 is 0. The molecule has 0 aliphatic heterocycles. The van der Waals surface area contributed by atoms with Crippen molar-refractivity contribution in [2.75, 3.05) is 7.11 Å². The van der Waals surface area contributed by atoms with Gasteiger partial charge in [0, 0.05) is 6.07 Å². The summed E-state index contributed by atoms with van der Waals surface area (Å²) in [5.41, 5.74) is 1.14. The van der Waals surface area contributed by atoms with Gasteiger partial charge < -0.3 is 9.47 Å². The van der Waals surface area contributed by atoms with Gasteiger partial charge >= 0.3 is 5.97 Å². The van der Waals surface area contributed by atoms with Crippen molar-refractivity contribution in [3.63, 3.8) is 0 Å². The Balaban J connectivity index is 1.77. The molecule has 0 amide bonds. The molecular weight excluding hydrogens is 284 g/mol. The number of rotatable bonds is 4. The molecular formula is C15H12N4O3. The highest BCUT2D eigenvalue weighted by Gasteiger charge is 2.09. The van der Waals surface area contributed by atoms with E-state index in [2.05, 4.69) is 15.5 Å². The number of tetrazole rings is 1. The van der Waals surface area contributed by atoms with Gasteiger partial charge in [0.2, 0.25) is 0 Å². The molecule has 0 aliphatic carbocycles. The summed E-state index contributed by atoms with van der Waals surface area (Å²) < 4.78 is 11.9. The molecule has 0 bridgehead atoms. The van der Waals surface area contributed by atoms with Crippen molar-refractivity contribution in [1.29, 1.82) is 0 Å². The van der Waals surface area contributed by atoms with Crippen LogP contribution in [0.5, 0.6) is 11.5 Å². The fourth-order valence-corrected chi connectivity index (χ4v) is 1.86. The van der Waals surface area contributed by atoms with Crippen molar-refractivity contribution in [3.8, 4) is 17.2 Å². The molecule has 22 heavy (non-hydrogen) atoms. The summed E-state index contributed by atoms with van der Waals surface area (Å²) in [6, 6.07) is 13.6. The van der Waals surface area contributed by atoms with E-state index < -0.39 is 5.97 Å². The lowest BCUT2D eigenvalue weighted by atomic mass is 10.2. The van der Waals surface area contributed by atoms with Crippen LogP contribution >= 0.6 is 0 Å². The fourth-order valence-electron chi connectivity index (χ4n) is 1.86. The molecule has 0 saturated heterocycles. The van der Waals surface area contributed by atoms with E-state index in [1.54, 1.807) is 55.6 Å². The van der Waals surface area contributed by atoms with Crippen molar-refractivity contribution in [2.24, 2.45) is 0 Å². The highest BCUT2D eigenvalue weighted by molar-refractivity contribution is 5.91. The Morgan fingerprint density at radius 2 is 1.91 bits per heavy atom. The summed E-state index contributed by atoms with van der Waals surface area (Å²) in [5.74, 6) is 0.641. The third kappa shape index (κ3) is 2.93. The highest BCUT2D eigenvalue weighted by Crippen LogP contribution is 2.18. The van der Waals surface area contributed by atoms with E-state index in [0.717, 1.165) is 0 Å². The lowest BCUT2D eigenvalue weighted by Gasteiger charge is -2.06. The van der Waals surface area contributed by atoms with Gasteiger partial charge in [-0.05, 0) is 46.8 Å². The van der Waals surface area contributed by atoms with Crippen LogP contribution in [0, 0.1) is 0 Å². The van der Waals surface area contributed by atoms with Crippen LogP contribution in [0.4, 0.5) is 0 Å². The first-order chi connectivity index (χ1) is 10.8. The molecule has 1 heterocycles. The van der Waals surface area contributed by atoms with Gasteiger partial charge in [-0.2, -0.15) is 0 Å². The molecule has 2 aromatic carbocycles. The average molecular weight is 296 g/mol. The first kappa shape index (κ1) is 13.7. The Morgan fingerprint density at radius 3 is 2.59 bits per heavy atom. The zero-order valence-electron chi connectivity index (χ0n) is 11.7. The van der Waals surface area contributed by atoms with E-state index in [1.165, 1.54) is 11.0 Å². The number of aromatic nitrogens is 4. The van der Waals surface area contributed by atoms with Crippen LogP contribution in [0.3, 0.4) is 0 Å². The number of esters is 1. The van der Waals surface area contributed by atoms with Crippen molar-refractivity contribution < 1.29 is 14.3 Å². The molecule has 0 saturated carbocycles. The van der Waals surface area contributed by atoms with Gasteiger partial charge in [0.05, 0.1) is 18.4 Å². The van der Waals surface area contributed by atoms with E-state index in [9.17, 15) is 4.79 Å². The van der Waals surface area contributed by atoms with Crippen LogP contribution in [0.15, 0.2) is 54.9 Å². The standard InChI is InChI=1S/C15H12N4O3/c1-21-13-7-5-11(6-8-13)15(20)22-14-4-2-3-12(9-14)19-10-16-17-18-19/h2-10H,1H3. The van der Waals surface area contributed by atoms with Gasteiger partial charge in [-0.1, -0.05) is 6.07 Å². The molecule has 3 rings (SSSR count). The van der Waals surface area contributed by atoms with Crippen LogP contribution in [-0.2, 0) is 0 Å². The van der Waals surface area contributed by atoms with Crippen molar-refractivity contribution in [1.82, 2.24) is 20.2 Å². The number of hydrogen-bond donors (Lipinski definition) is 0. The SMILES string of the molecule is COc1ccc(C(=O)Oc2cccc(-n3cnnn3)c2)cc1. The first-order valence-electron chi connectivity index (χ1n) is 6.46. The maximum absolute atomic E-state index is 12.1. The molecule has 0 N–H and O–H groups in total. The van der Waals surface area contributed by atoms with Crippen LogP contribution in [0.1, 0.15) is 10.4 Å². The molecule has 1 aromatic heterocycles. The second-order valence-electron chi connectivity index (χ2n) is 4.37. The van der Waals surface area contributed by atoms with E-state index >= 15 is 0 Å². The summed E-state index contributed by atoms with van der Waals surface area (Å²) in [4.78, 5) is 12.1. The van der Waals surface area contributed by atoms with Crippen LogP contribution in [-0.4, -0.2) is 33.3 Å². The molecule has 0 fully saturated rings. The number of ether oxygens (including phenoxy) is 2. The maximum atomic E-state index is 12.1. The Morgan fingerprint density at radius 1 is 1.09 bits per heavy atom. The largest absolute Gasteiger partial charge is 0.497 e. The van der Waals surface area contributed by atoms with Crippen LogP contribution in [0.25, 0.3) is 5.69 Å². The van der Waals surface area contributed by atoms with Gasteiger partial charge in [-0.15, -0.1) is 5.10 Å². The predicted octanol–water partition coefficient (Wildman–Crippen LogP) is 1.89. The number of benzene rings is 2. The van der Waals surface area contributed by atoms with Gasteiger partial charge in [0.25, 0.3) is 0 Å². The molecule has 0 atom stereocenters. The second-order valence-corrected chi connectivity index (χ2v) is 4.37. The molecule has 7 heteroatoms. The number of carbonyl (C=O) groups excluding carboxylic acids is 1.